The molecule has 0 aliphatic heterocycles. The molecule has 3 rings (SSSR count). The van der Waals surface area contributed by atoms with E-state index in [1.165, 1.54) is 4.80 Å². The van der Waals surface area contributed by atoms with Crippen LogP contribution in [0, 0.1) is 12.8 Å². The van der Waals surface area contributed by atoms with Crippen LogP contribution < -0.4 is 15.8 Å². The molecule has 1 unspecified atom stereocenters. The normalized spacial score (nSPS) is 16.0. The molecule has 8 heteroatoms. The summed E-state index contributed by atoms with van der Waals surface area (Å²) in [5.41, 5.74) is 7.13. The lowest BCUT2D eigenvalue weighted by Gasteiger charge is -2.29. The largest absolute Gasteiger partial charge is 0.491 e. The van der Waals surface area contributed by atoms with Gasteiger partial charge in [0.2, 0.25) is 0 Å². The van der Waals surface area contributed by atoms with Gasteiger partial charge in [0.1, 0.15) is 12.4 Å². The smallest absolute Gasteiger partial charge is 0.274 e. The first-order valence-corrected chi connectivity index (χ1v) is 9.15. The Labute approximate surface area is 159 Å². The molecule has 8 nitrogen and oxygen atoms in total. The number of carbonyl (C=O) groups is 1. The number of ether oxygens (including phenoxy) is 2. The maximum absolute atomic E-state index is 12.7. The van der Waals surface area contributed by atoms with E-state index < -0.39 is 5.54 Å². The summed E-state index contributed by atoms with van der Waals surface area (Å²) in [5.74, 6) is 0.936. The molecule has 3 N–H and O–H groups in total. The van der Waals surface area contributed by atoms with Gasteiger partial charge in [-0.2, -0.15) is 9.90 Å². The van der Waals surface area contributed by atoms with Crippen molar-refractivity contribution in [3.8, 4) is 11.4 Å². The van der Waals surface area contributed by atoms with Crippen LogP contribution in [-0.4, -0.2) is 53.3 Å². The van der Waals surface area contributed by atoms with Gasteiger partial charge in [0, 0.05) is 13.7 Å². The minimum Gasteiger partial charge on any atom is -0.491 e. The molecule has 1 saturated carbocycles. The number of methoxy groups -OCH3 is 1. The van der Waals surface area contributed by atoms with Crippen molar-refractivity contribution in [1.82, 2.24) is 20.3 Å². The van der Waals surface area contributed by atoms with E-state index in [1.54, 1.807) is 14.0 Å². The van der Waals surface area contributed by atoms with E-state index in [-0.39, 0.29) is 5.91 Å². The zero-order valence-electron chi connectivity index (χ0n) is 16.1. The van der Waals surface area contributed by atoms with E-state index in [9.17, 15) is 4.79 Å². The summed E-state index contributed by atoms with van der Waals surface area (Å²) in [7, 11) is 1.63. The first-order valence-electron chi connectivity index (χ1n) is 9.15. The second-order valence-electron chi connectivity index (χ2n) is 7.11. The van der Waals surface area contributed by atoms with E-state index in [4.69, 9.17) is 15.2 Å². The predicted octanol–water partition coefficient (Wildman–Crippen LogP) is 1.46. The number of rotatable bonds is 9. The van der Waals surface area contributed by atoms with Crippen LogP contribution in [0.3, 0.4) is 0 Å². The quantitative estimate of drug-likeness (QED) is 0.645. The van der Waals surface area contributed by atoms with Crippen molar-refractivity contribution in [2.45, 2.75) is 32.2 Å². The fourth-order valence-corrected chi connectivity index (χ4v) is 2.98. The third-order valence-corrected chi connectivity index (χ3v) is 4.92. The number of benzene rings is 1. The van der Waals surface area contributed by atoms with Crippen LogP contribution in [0.5, 0.6) is 5.75 Å². The van der Waals surface area contributed by atoms with E-state index in [0.717, 1.165) is 24.3 Å². The zero-order chi connectivity index (χ0) is 19.4. The third-order valence-electron chi connectivity index (χ3n) is 4.92. The Hall–Kier alpha value is -2.45. The standard InChI is InChI=1S/C19H27N5O3/c1-13-17(18(25)21-19(2,12-20)14-4-5-14)23-24(22-13)15-6-8-16(9-7-15)27-11-10-26-3/h6-9,14H,4-5,10-12,20H2,1-3H3,(H,21,25). The van der Waals surface area contributed by atoms with Gasteiger partial charge >= 0.3 is 0 Å². The van der Waals surface area contributed by atoms with Crippen molar-refractivity contribution in [2.24, 2.45) is 11.7 Å². The minimum absolute atomic E-state index is 0.238. The van der Waals surface area contributed by atoms with Crippen LogP contribution in [0.2, 0.25) is 0 Å². The molecular weight excluding hydrogens is 346 g/mol. The molecule has 146 valence electrons. The van der Waals surface area contributed by atoms with E-state index in [2.05, 4.69) is 15.5 Å². The molecule has 2 aromatic rings. The molecule has 1 aliphatic carbocycles. The predicted molar refractivity (Wildman–Crippen MR) is 101 cm³/mol. The molecule has 1 heterocycles. The summed E-state index contributed by atoms with van der Waals surface area (Å²) in [4.78, 5) is 14.2. The Kier molecular flexibility index (Phi) is 5.76. The van der Waals surface area contributed by atoms with Gasteiger partial charge in [0.25, 0.3) is 5.91 Å². The van der Waals surface area contributed by atoms with Crippen LogP contribution in [-0.2, 0) is 4.74 Å². The van der Waals surface area contributed by atoms with E-state index in [1.807, 2.05) is 31.2 Å². The number of nitrogens with one attached hydrogen (secondary N) is 1. The molecule has 1 aromatic carbocycles. The number of nitrogens with two attached hydrogens (primary N) is 1. The van der Waals surface area contributed by atoms with Crippen LogP contribution in [0.1, 0.15) is 35.9 Å². The first-order chi connectivity index (χ1) is 13.0. The van der Waals surface area contributed by atoms with Crippen molar-refractivity contribution < 1.29 is 14.3 Å². The summed E-state index contributed by atoms with van der Waals surface area (Å²) in [6.45, 7) is 5.19. The number of aryl methyl sites for hydroxylation is 1. The van der Waals surface area contributed by atoms with Gasteiger partial charge in [-0.1, -0.05) is 0 Å². The van der Waals surface area contributed by atoms with Crippen molar-refractivity contribution in [3.63, 3.8) is 0 Å². The van der Waals surface area contributed by atoms with Crippen LogP contribution >= 0.6 is 0 Å². The molecule has 0 saturated heterocycles. The molecule has 1 fully saturated rings. The highest BCUT2D eigenvalue weighted by Crippen LogP contribution is 2.39. The molecule has 27 heavy (non-hydrogen) atoms. The Morgan fingerprint density at radius 3 is 2.59 bits per heavy atom. The molecule has 1 amide bonds. The lowest BCUT2D eigenvalue weighted by atomic mass is 9.95. The number of hydrogen-bond donors (Lipinski definition) is 2. The molecule has 0 radical (unpaired) electrons. The number of aromatic nitrogens is 3. The summed E-state index contributed by atoms with van der Waals surface area (Å²) in [6.07, 6.45) is 2.19. The lowest BCUT2D eigenvalue weighted by Crippen LogP contribution is -2.53. The van der Waals surface area contributed by atoms with Gasteiger partial charge in [-0.3, -0.25) is 4.79 Å². The number of nitrogens with zero attached hydrogens (tertiary/aromatic N) is 3. The SMILES string of the molecule is COCCOc1ccc(-n2nc(C)c(C(=O)NC(C)(CN)C3CC3)n2)cc1. The van der Waals surface area contributed by atoms with Gasteiger partial charge in [0.05, 0.1) is 23.5 Å². The summed E-state index contributed by atoms with van der Waals surface area (Å²) in [6, 6.07) is 7.36. The van der Waals surface area contributed by atoms with Crippen molar-refractivity contribution in [2.75, 3.05) is 26.9 Å². The highest BCUT2D eigenvalue weighted by atomic mass is 16.5. The summed E-state index contributed by atoms with van der Waals surface area (Å²) >= 11 is 0. The maximum Gasteiger partial charge on any atom is 0.274 e. The van der Waals surface area contributed by atoms with Crippen molar-refractivity contribution >= 4 is 5.91 Å². The van der Waals surface area contributed by atoms with Gasteiger partial charge in [-0.25, -0.2) is 0 Å². The van der Waals surface area contributed by atoms with E-state index >= 15 is 0 Å². The lowest BCUT2D eigenvalue weighted by molar-refractivity contribution is 0.0891. The first kappa shape index (κ1) is 19.3. The second-order valence-corrected chi connectivity index (χ2v) is 7.11. The number of hydrogen-bond acceptors (Lipinski definition) is 6. The fourth-order valence-electron chi connectivity index (χ4n) is 2.98. The number of amides is 1. The topological polar surface area (TPSA) is 104 Å². The summed E-state index contributed by atoms with van der Waals surface area (Å²) < 4.78 is 10.5. The molecule has 1 atom stereocenters. The van der Waals surface area contributed by atoms with Crippen LogP contribution in [0.15, 0.2) is 24.3 Å². The van der Waals surface area contributed by atoms with Gasteiger partial charge < -0.3 is 20.5 Å². The molecule has 0 spiro atoms. The molecule has 0 bridgehead atoms. The zero-order valence-corrected chi connectivity index (χ0v) is 16.1. The number of carbonyl (C=O) groups excluding carboxylic acids is 1. The molecular formula is C19H27N5O3. The summed E-state index contributed by atoms with van der Waals surface area (Å²) in [5, 5.41) is 11.8. The Morgan fingerprint density at radius 2 is 2.00 bits per heavy atom. The highest BCUT2D eigenvalue weighted by molar-refractivity contribution is 5.93. The van der Waals surface area contributed by atoms with Crippen molar-refractivity contribution in [3.05, 3.63) is 35.7 Å². The molecule has 1 aromatic heterocycles. The second kappa shape index (κ2) is 8.06. The Bertz CT molecular complexity index is 785. The van der Waals surface area contributed by atoms with Gasteiger partial charge in [-0.05, 0) is 56.9 Å². The van der Waals surface area contributed by atoms with E-state index in [0.29, 0.717) is 37.1 Å². The van der Waals surface area contributed by atoms with Crippen molar-refractivity contribution in [1.29, 1.82) is 0 Å². The van der Waals surface area contributed by atoms with Gasteiger partial charge in [0.15, 0.2) is 5.69 Å². The Morgan fingerprint density at radius 1 is 1.30 bits per heavy atom. The average molecular weight is 373 g/mol. The third kappa shape index (κ3) is 4.45. The molecule has 1 aliphatic rings. The van der Waals surface area contributed by atoms with Gasteiger partial charge in [-0.15, -0.1) is 5.10 Å². The maximum atomic E-state index is 12.7. The highest BCUT2D eigenvalue weighted by Gasteiger charge is 2.42. The monoisotopic (exact) mass is 373 g/mol. The van der Waals surface area contributed by atoms with Crippen LogP contribution in [0.25, 0.3) is 5.69 Å². The van der Waals surface area contributed by atoms with Crippen LogP contribution in [0.4, 0.5) is 0 Å². The fraction of sp³-hybridized carbons (Fsp3) is 0.526. The average Bonchev–Trinajstić information content (AvgIpc) is 3.45. The Balaban J connectivity index is 1.71. The minimum atomic E-state index is -0.394.